The van der Waals surface area contributed by atoms with Crippen LogP contribution < -0.4 is 4.90 Å². The lowest BCUT2D eigenvalue weighted by atomic mass is 10.2. The van der Waals surface area contributed by atoms with Crippen LogP contribution in [0.2, 0.25) is 0 Å². The Morgan fingerprint density at radius 3 is 2.17 bits per heavy atom. The van der Waals surface area contributed by atoms with E-state index in [0.717, 1.165) is 0 Å². The molecule has 0 aliphatic carbocycles. The molecule has 0 spiro atoms. The van der Waals surface area contributed by atoms with E-state index in [9.17, 15) is 0 Å². The van der Waals surface area contributed by atoms with Gasteiger partial charge in [0.1, 0.15) is 0 Å². The number of nitrogens with one attached hydrogen (secondary N) is 1. The molecule has 1 aromatic rings. The van der Waals surface area contributed by atoms with Crippen molar-refractivity contribution in [3.05, 3.63) is 35.9 Å². The average Bonchev–Trinajstić information content (AvgIpc) is 2.07. The molecule has 0 radical (unpaired) electrons. The molecule has 1 N–H and O–H groups in total. The Labute approximate surface area is 78.8 Å². The van der Waals surface area contributed by atoms with E-state index in [1.54, 1.807) is 0 Å². The number of quaternary nitrogens is 1. The van der Waals surface area contributed by atoms with Crippen LogP contribution in [-0.4, -0.2) is 20.4 Å². The lowest BCUT2D eigenvalue weighted by Crippen LogP contribution is -3.05. The summed E-state index contributed by atoms with van der Waals surface area (Å²) in [5, 5.41) is 0.561. The van der Waals surface area contributed by atoms with Gasteiger partial charge in [-0.15, -0.1) is 0 Å². The molecule has 0 aromatic heterocycles. The normalized spacial score (nSPS) is 13.3. The fourth-order valence-electron chi connectivity index (χ4n) is 1.33. The van der Waals surface area contributed by atoms with Crippen molar-refractivity contribution in [3.8, 4) is 0 Å². The highest BCUT2D eigenvalue weighted by molar-refractivity contribution is 7.98. The Balaban J connectivity index is 2.80. The predicted octanol–water partition coefficient (Wildman–Crippen LogP) is 1.19. The monoisotopic (exact) mass is 182 g/mol. The van der Waals surface area contributed by atoms with Crippen LogP contribution in [0.15, 0.2) is 30.3 Å². The zero-order chi connectivity index (χ0) is 8.97. The van der Waals surface area contributed by atoms with Gasteiger partial charge in [-0.1, -0.05) is 42.1 Å². The lowest BCUT2D eigenvalue weighted by Gasteiger charge is -2.19. The van der Waals surface area contributed by atoms with Crippen LogP contribution in [0.4, 0.5) is 0 Å². The SMILES string of the molecule is CSC(c1ccccc1)[NH+](C)C. The second-order valence-electron chi connectivity index (χ2n) is 3.10. The zero-order valence-corrected chi connectivity index (χ0v) is 8.69. The highest BCUT2D eigenvalue weighted by Crippen LogP contribution is 2.18. The van der Waals surface area contributed by atoms with Gasteiger partial charge in [-0.25, -0.2) is 0 Å². The number of hydrogen-bond donors (Lipinski definition) is 1. The quantitative estimate of drug-likeness (QED) is 0.688. The van der Waals surface area contributed by atoms with Gasteiger partial charge >= 0.3 is 0 Å². The van der Waals surface area contributed by atoms with Crippen LogP contribution in [0, 0.1) is 0 Å². The van der Waals surface area contributed by atoms with Crippen LogP contribution >= 0.6 is 11.8 Å². The summed E-state index contributed by atoms with van der Waals surface area (Å²) < 4.78 is 0. The Bertz CT molecular complexity index is 221. The van der Waals surface area contributed by atoms with Crippen molar-refractivity contribution < 1.29 is 4.90 Å². The largest absolute Gasteiger partial charge is 0.325 e. The third-order valence-electron chi connectivity index (χ3n) is 1.86. The van der Waals surface area contributed by atoms with Crippen molar-refractivity contribution in [1.82, 2.24) is 0 Å². The van der Waals surface area contributed by atoms with Gasteiger partial charge in [0.05, 0.1) is 14.1 Å². The average molecular weight is 182 g/mol. The molecular weight excluding hydrogens is 166 g/mol. The van der Waals surface area contributed by atoms with Crippen LogP contribution in [0.1, 0.15) is 10.9 Å². The predicted molar refractivity (Wildman–Crippen MR) is 55.5 cm³/mol. The molecule has 12 heavy (non-hydrogen) atoms. The first-order chi connectivity index (χ1) is 5.75. The van der Waals surface area contributed by atoms with E-state index in [0.29, 0.717) is 5.37 Å². The Morgan fingerprint density at radius 2 is 1.75 bits per heavy atom. The van der Waals surface area contributed by atoms with Gasteiger partial charge in [0.2, 0.25) is 0 Å². The molecule has 0 bridgehead atoms. The van der Waals surface area contributed by atoms with E-state index in [-0.39, 0.29) is 0 Å². The molecule has 1 nitrogen and oxygen atoms in total. The summed E-state index contributed by atoms with van der Waals surface area (Å²) in [7, 11) is 4.38. The smallest absolute Gasteiger partial charge is 0.159 e. The zero-order valence-electron chi connectivity index (χ0n) is 7.87. The van der Waals surface area contributed by atoms with Crippen molar-refractivity contribution in [2.75, 3.05) is 20.4 Å². The molecule has 0 aliphatic heterocycles. The van der Waals surface area contributed by atoms with E-state index >= 15 is 0 Å². The summed E-state index contributed by atoms with van der Waals surface area (Å²) >= 11 is 1.89. The number of rotatable bonds is 3. The first-order valence-electron chi connectivity index (χ1n) is 4.13. The van der Waals surface area contributed by atoms with Gasteiger partial charge in [-0.3, -0.25) is 0 Å². The Kier molecular flexibility index (Phi) is 3.63. The maximum atomic E-state index is 2.19. The van der Waals surface area contributed by atoms with Gasteiger partial charge in [0, 0.05) is 5.56 Å². The van der Waals surface area contributed by atoms with Gasteiger partial charge in [-0.05, 0) is 6.26 Å². The molecule has 1 atom stereocenters. The second kappa shape index (κ2) is 4.53. The molecule has 0 saturated heterocycles. The summed E-state index contributed by atoms with van der Waals surface area (Å²) in [6.07, 6.45) is 2.16. The Hall–Kier alpha value is -0.470. The maximum absolute atomic E-state index is 2.19. The van der Waals surface area contributed by atoms with Crippen LogP contribution in [0.3, 0.4) is 0 Å². The minimum atomic E-state index is 0.561. The minimum Gasteiger partial charge on any atom is -0.325 e. The fourth-order valence-corrected chi connectivity index (χ4v) is 2.23. The summed E-state index contributed by atoms with van der Waals surface area (Å²) in [5.74, 6) is 0. The highest BCUT2D eigenvalue weighted by Gasteiger charge is 2.14. The first kappa shape index (κ1) is 9.62. The summed E-state index contributed by atoms with van der Waals surface area (Å²) in [4.78, 5) is 1.47. The molecule has 1 aromatic carbocycles. The fraction of sp³-hybridized carbons (Fsp3) is 0.400. The first-order valence-corrected chi connectivity index (χ1v) is 5.42. The van der Waals surface area contributed by atoms with E-state index in [4.69, 9.17) is 0 Å². The van der Waals surface area contributed by atoms with Crippen molar-refractivity contribution in [2.24, 2.45) is 0 Å². The van der Waals surface area contributed by atoms with E-state index in [1.807, 2.05) is 11.8 Å². The van der Waals surface area contributed by atoms with Gasteiger partial charge in [-0.2, -0.15) is 0 Å². The lowest BCUT2D eigenvalue weighted by molar-refractivity contribution is -0.875. The number of benzene rings is 1. The Morgan fingerprint density at radius 1 is 1.17 bits per heavy atom. The van der Waals surface area contributed by atoms with Crippen LogP contribution in [-0.2, 0) is 0 Å². The summed E-state index contributed by atoms with van der Waals surface area (Å²) in [5.41, 5.74) is 1.41. The maximum Gasteiger partial charge on any atom is 0.159 e. The molecule has 66 valence electrons. The van der Waals surface area contributed by atoms with Gasteiger partial charge in [0.15, 0.2) is 5.37 Å². The second-order valence-corrected chi connectivity index (χ2v) is 4.05. The van der Waals surface area contributed by atoms with Crippen molar-refractivity contribution in [3.63, 3.8) is 0 Å². The van der Waals surface area contributed by atoms with Crippen molar-refractivity contribution in [2.45, 2.75) is 5.37 Å². The number of thioether (sulfide) groups is 1. The third kappa shape index (κ3) is 2.26. The van der Waals surface area contributed by atoms with Crippen LogP contribution in [0.5, 0.6) is 0 Å². The molecule has 0 saturated carbocycles. The topological polar surface area (TPSA) is 4.44 Å². The molecule has 0 fully saturated rings. The summed E-state index contributed by atoms with van der Waals surface area (Å²) in [6.45, 7) is 0. The van der Waals surface area contributed by atoms with Crippen LogP contribution in [0.25, 0.3) is 0 Å². The van der Waals surface area contributed by atoms with Gasteiger partial charge < -0.3 is 4.90 Å². The molecular formula is C10H16NS+. The molecule has 0 amide bonds. The third-order valence-corrected chi connectivity index (χ3v) is 3.08. The molecule has 0 heterocycles. The molecule has 0 aliphatic rings. The van der Waals surface area contributed by atoms with Crippen molar-refractivity contribution in [1.29, 1.82) is 0 Å². The molecule has 1 rings (SSSR count). The summed E-state index contributed by atoms with van der Waals surface area (Å²) in [6, 6.07) is 10.6. The van der Waals surface area contributed by atoms with Gasteiger partial charge in [0.25, 0.3) is 0 Å². The standard InChI is InChI=1S/C10H15NS/c1-11(2)10(12-3)9-7-5-4-6-8-9/h4-8,10H,1-3H3/p+1. The highest BCUT2D eigenvalue weighted by atomic mass is 32.2. The number of hydrogen-bond acceptors (Lipinski definition) is 1. The molecule has 1 unspecified atom stereocenters. The van der Waals surface area contributed by atoms with E-state index in [2.05, 4.69) is 50.7 Å². The van der Waals surface area contributed by atoms with E-state index < -0.39 is 0 Å². The van der Waals surface area contributed by atoms with E-state index in [1.165, 1.54) is 10.5 Å². The van der Waals surface area contributed by atoms with Crippen molar-refractivity contribution >= 4 is 11.8 Å². The molecule has 2 heteroatoms. The minimum absolute atomic E-state index is 0.561.